The normalized spacial score (nSPS) is 11.0. The van der Waals surface area contributed by atoms with Crippen LogP contribution in [0.25, 0.3) is 0 Å². The molecule has 1 radical (unpaired) electrons. The molecule has 0 N–H and O–H groups in total. The standard InChI is InChI=1S/C22H37/c1-3-5-7-9-11-13-16-21-18-15-19-22(20-21)17-14-12-10-8-6-4-2/h15,18,20H,3-14,16-17H2,1-2H3. The van der Waals surface area contributed by atoms with Gasteiger partial charge in [0.15, 0.2) is 0 Å². The van der Waals surface area contributed by atoms with Crippen LogP contribution in [0.3, 0.4) is 0 Å². The van der Waals surface area contributed by atoms with Crippen LogP contribution < -0.4 is 0 Å². The third-order valence-electron chi connectivity index (χ3n) is 4.54. The Morgan fingerprint density at radius 2 is 1.23 bits per heavy atom. The van der Waals surface area contributed by atoms with Crippen molar-refractivity contribution in [3.8, 4) is 0 Å². The molecule has 1 aromatic rings. The monoisotopic (exact) mass is 301 g/mol. The maximum atomic E-state index is 3.43. The van der Waals surface area contributed by atoms with E-state index in [1.165, 1.54) is 101 Å². The van der Waals surface area contributed by atoms with E-state index in [4.69, 9.17) is 0 Å². The number of rotatable bonds is 14. The predicted molar refractivity (Wildman–Crippen MR) is 99.4 cm³/mol. The summed E-state index contributed by atoms with van der Waals surface area (Å²) in [6, 6.07) is 10.2. The minimum absolute atomic E-state index is 1.22. The summed E-state index contributed by atoms with van der Waals surface area (Å²) in [4.78, 5) is 0. The van der Waals surface area contributed by atoms with Crippen molar-refractivity contribution in [1.82, 2.24) is 0 Å². The van der Waals surface area contributed by atoms with Gasteiger partial charge >= 0.3 is 0 Å². The first-order chi connectivity index (χ1) is 10.9. The molecule has 0 nitrogen and oxygen atoms in total. The van der Waals surface area contributed by atoms with Crippen molar-refractivity contribution < 1.29 is 0 Å². The first kappa shape index (κ1) is 19.3. The molecule has 0 aliphatic rings. The molecular formula is C22H37. The van der Waals surface area contributed by atoms with Crippen molar-refractivity contribution in [2.45, 2.75) is 104 Å². The summed E-state index contributed by atoms with van der Waals surface area (Å²) in [7, 11) is 0. The Hall–Kier alpha value is -0.780. The van der Waals surface area contributed by atoms with Gasteiger partial charge in [0.1, 0.15) is 0 Å². The first-order valence-electron chi connectivity index (χ1n) is 9.86. The van der Waals surface area contributed by atoms with E-state index in [1.807, 2.05) is 0 Å². The molecule has 0 aromatic heterocycles. The zero-order valence-electron chi connectivity index (χ0n) is 15.1. The van der Waals surface area contributed by atoms with E-state index >= 15 is 0 Å². The molecule has 0 aliphatic carbocycles. The van der Waals surface area contributed by atoms with Gasteiger partial charge in [-0.15, -0.1) is 0 Å². The van der Waals surface area contributed by atoms with Gasteiger partial charge in [-0.2, -0.15) is 0 Å². The Kier molecular flexibility index (Phi) is 12.1. The van der Waals surface area contributed by atoms with Crippen LogP contribution in [0.1, 0.15) is 102 Å². The molecule has 0 saturated heterocycles. The van der Waals surface area contributed by atoms with Gasteiger partial charge in [0.2, 0.25) is 0 Å². The lowest BCUT2D eigenvalue weighted by Crippen LogP contribution is -1.91. The largest absolute Gasteiger partial charge is 0.0654 e. The zero-order valence-corrected chi connectivity index (χ0v) is 15.1. The smallest absolute Gasteiger partial charge is 0.0149 e. The molecule has 0 heteroatoms. The van der Waals surface area contributed by atoms with Crippen molar-refractivity contribution in [1.29, 1.82) is 0 Å². The number of benzene rings is 1. The minimum atomic E-state index is 1.22. The Morgan fingerprint density at radius 3 is 1.86 bits per heavy atom. The van der Waals surface area contributed by atoms with Crippen LogP contribution in [-0.4, -0.2) is 0 Å². The summed E-state index contributed by atoms with van der Waals surface area (Å²) in [6.45, 7) is 4.57. The Bertz CT molecular complexity index is 322. The molecule has 125 valence electrons. The Balaban J connectivity index is 2.13. The summed E-state index contributed by atoms with van der Waals surface area (Å²) in [5, 5.41) is 0. The van der Waals surface area contributed by atoms with Gasteiger partial charge in [-0.3, -0.25) is 0 Å². The second-order valence-corrected chi connectivity index (χ2v) is 6.76. The fourth-order valence-electron chi connectivity index (χ4n) is 3.07. The van der Waals surface area contributed by atoms with Crippen LogP contribution >= 0.6 is 0 Å². The number of aryl methyl sites for hydroxylation is 2. The van der Waals surface area contributed by atoms with E-state index in [0.29, 0.717) is 0 Å². The van der Waals surface area contributed by atoms with Crippen molar-refractivity contribution in [3.05, 3.63) is 35.4 Å². The molecule has 0 spiro atoms. The summed E-state index contributed by atoms with van der Waals surface area (Å²) < 4.78 is 0. The third-order valence-corrected chi connectivity index (χ3v) is 4.54. The second-order valence-electron chi connectivity index (χ2n) is 6.76. The number of unbranched alkanes of at least 4 members (excludes halogenated alkanes) is 10. The molecule has 0 aliphatic heterocycles. The lowest BCUT2D eigenvalue weighted by molar-refractivity contribution is 0.604. The van der Waals surface area contributed by atoms with Crippen molar-refractivity contribution in [2.75, 3.05) is 0 Å². The molecule has 0 atom stereocenters. The van der Waals surface area contributed by atoms with Gasteiger partial charge in [0.05, 0.1) is 0 Å². The highest BCUT2D eigenvalue weighted by Crippen LogP contribution is 2.14. The topological polar surface area (TPSA) is 0 Å². The fourth-order valence-corrected chi connectivity index (χ4v) is 3.07. The van der Waals surface area contributed by atoms with Gasteiger partial charge in [0.25, 0.3) is 0 Å². The average Bonchev–Trinajstić information content (AvgIpc) is 2.54. The quantitative estimate of drug-likeness (QED) is 0.316. The van der Waals surface area contributed by atoms with Crippen molar-refractivity contribution in [3.63, 3.8) is 0 Å². The van der Waals surface area contributed by atoms with Crippen LogP contribution in [0.5, 0.6) is 0 Å². The Labute approximate surface area is 139 Å². The maximum Gasteiger partial charge on any atom is -0.0149 e. The van der Waals surface area contributed by atoms with E-state index in [-0.39, 0.29) is 0 Å². The minimum Gasteiger partial charge on any atom is -0.0654 e. The molecule has 0 heterocycles. The number of hydrogen-bond donors (Lipinski definition) is 0. The molecule has 1 rings (SSSR count). The Morgan fingerprint density at radius 1 is 0.682 bits per heavy atom. The fraction of sp³-hybridized carbons (Fsp3) is 0.727. The van der Waals surface area contributed by atoms with Crippen molar-refractivity contribution >= 4 is 0 Å². The van der Waals surface area contributed by atoms with Crippen LogP contribution in [0.2, 0.25) is 0 Å². The van der Waals surface area contributed by atoms with Crippen LogP contribution in [-0.2, 0) is 12.8 Å². The van der Waals surface area contributed by atoms with E-state index in [1.54, 1.807) is 0 Å². The van der Waals surface area contributed by atoms with E-state index in [2.05, 4.69) is 38.1 Å². The lowest BCUT2D eigenvalue weighted by atomic mass is 10.00. The highest BCUT2D eigenvalue weighted by atomic mass is 14.0. The van der Waals surface area contributed by atoms with Gasteiger partial charge in [0, 0.05) is 0 Å². The SMILES string of the molecule is CCCCCCCCc1[c]ccc(CCCCCCCC)c1. The molecule has 0 bridgehead atoms. The van der Waals surface area contributed by atoms with Crippen LogP contribution in [0.15, 0.2) is 18.2 Å². The average molecular weight is 302 g/mol. The van der Waals surface area contributed by atoms with E-state index < -0.39 is 0 Å². The van der Waals surface area contributed by atoms with Crippen LogP contribution in [0.4, 0.5) is 0 Å². The summed E-state index contributed by atoms with van der Waals surface area (Å²) in [5.41, 5.74) is 2.95. The summed E-state index contributed by atoms with van der Waals surface area (Å²) in [5.74, 6) is 0. The summed E-state index contributed by atoms with van der Waals surface area (Å²) >= 11 is 0. The summed E-state index contributed by atoms with van der Waals surface area (Å²) in [6.07, 6.45) is 19.1. The molecule has 22 heavy (non-hydrogen) atoms. The molecule has 0 unspecified atom stereocenters. The van der Waals surface area contributed by atoms with E-state index in [9.17, 15) is 0 Å². The van der Waals surface area contributed by atoms with Gasteiger partial charge in [-0.05, 0) is 42.9 Å². The van der Waals surface area contributed by atoms with Gasteiger partial charge < -0.3 is 0 Å². The maximum absolute atomic E-state index is 3.43. The van der Waals surface area contributed by atoms with E-state index in [0.717, 1.165) is 0 Å². The molecule has 0 saturated carbocycles. The highest BCUT2D eigenvalue weighted by molar-refractivity contribution is 5.22. The molecule has 0 amide bonds. The third kappa shape index (κ3) is 10.0. The van der Waals surface area contributed by atoms with Crippen molar-refractivity contribution in [2.24, 2.45) is 0 Å². The molecule has 0 fully saturated rings. The predicted octanol–water partition coefficient (Wildman–Crippen LogP) is 7.29. The zero-order chi connectivity index (χ0) is 15.9. The van der Waals surface area contributed by atoms with Crippen LogP contribution in [0, 0.1) is 6.07 Å². The molecule has 1 aromatic carbocycles. The van der Waals surface area contributed by atoms with Gasteiger partial charge in [-0.25, -0.2) is 0 Å². The first-order valence-corrected chi connectivity index (χ1v) is 9.86. The lowest BCUT2D eigenvalue weighted by Gasteiger charge is -2.06. The number of hydrogen-bond acceptors (Lipinski definition) is 0. The molecular weight excluding hydrogens is 264 g/mol. The second kappa shape index (κ2) is 13.9. The van der Waals surface area contributed by atoms with Gasteiger partial charge in [-0.1, -0.05) is 96.3 Å². The highest BCUT2D eigenvalue weighted by Gasteiger charge is 1.98.